The Hall–Kier alpha value is -0.380. The quantitative estimate of drug-likeness (QED) is 0.519. The van der Waals surface area contributed by atoms with E-state index in [9.17, 15) is 9.36 Å². The normalized spacial score (nSPS) is 13.6. The Morgan fingerprint density at radius 2 is 2.00 bits per heavy atom. The summed E-state index contributed by atoms with van der Waals surface area (Å²) in [6.07, 6.45) is 1.25. The van der Waals surface area contributed by atoms with Crippen LogP contribution in [0.15, 0.2) is 0 Å². The number of hydrogen-bond donors (Lipinski definition) is 2. The molecule has 0 spiro atoms. The zero-order chi connectivity index (χ0) is 11.9. The molecule has 0 fully saturated rings. The maximum atomic E-state index is 11.0. The average molecular weight is 238 g/mol. The van der Waals surface area contributed by atoms with Gasteiger partial charge in [-0.3, -0.25) is 9.36 Å². The maximum Gasteiger partial charge on any atom is 0.325 e. The lowest BCUT2D eigenvalue weighted by atomic mass is 10.0. The van der Waals surface area contributed by atoms with Gasteiger partial charge in [-0.1, -0.05) is 6.92 Å². The molecule has 1 unspecified atom stereocenters. The molecular weight excluding hydrogens is 219 g/mol. The van der Waals surface area contributed by atoms with Crippen molar-refractivity contribution in [3.8, 4) is 0 Å². The van der Waals surface area contributed by atoms with Gasteiger partial charge < -0.3 is 14.5 Å². The number of carbonyl (C=O) groups excluding carboxylic acids is 1. The molecule has 0 aliphatic heterocycles. The molecule has 1 atom stereocenters. The first-order chi connectivity index (χ1) is 6.85. The van der Waals surface area contributed by atoms with Crippen molar-refractivity contribution in [1.82, 2.24) is 0 Å². The first-order valence-electron chi connectivity index (χ1n) is 5.05. The van der Waals surface area contributed by atoms with E-state index in [1.807, 2.05) is 6.92 Å². The Kier molecular flexibility index (Phi) is 6.81. The third-order valence-electron chi connectivity index (χ3n) is 2.06. The molecule has 15 heavy (non-hydrogen) atoms. The summed E-state index contributed by atoms with van der Waals surface area (Å²) in [5.74, 6) is -0.123. The minimum atomic E-state index is -3.90. The summed E-state index contributed by atoms with van der Waals surface area (Å²) < 4.78 is 15.3. The van der Waals surface area contributed by atoms with Crippen LogP contribution in [0.3, 0.4) is 0 Å². The first-order valence-corrected chi connectivity index (χ1v) is 6.85. The fourth-order valence-corrected chi connectivity index (χ4v) is 1.91. The van der Waals surface area contributed by atoms with E-state index in [1.165, 1.54) is 0 Å². The molecule has 0 aliphatic rings. The Morgan fingerprint density at radius 1 is 1.40 bits per heavy atom. The maximum absolute atomic E-state index is 11.0. The van der Waals surface area contributed by atoms with Crippen molar-refractivity contribution >= 4 is 13.6 Å². The van der Waals surface area contributed by atoms with Crippen LogP contribution in [0.2, 0.25) is 0 Å². The molecule has 0 bridgehead atoms. The first kappa shape index (κ1) is 14.6. The predicted octanol–water partition coefficient (Wildman–Crippen LogP) is 1.53. The molecule has 0 rings (SSSR count). The Bertz CT molecular complexity index is 235. The number of rotatable bonds is 7. The molecule has 0 aliphatic carbocycles. The molecular formula is C9H19O5P. The SMILES string of the molecule is CCOC(=O)CCC(C)CCP(=O)(O)O. The molecule has 0 aromatic heterocycles. The zero-order valence-electron chi connectivity index (χ0n) is 9.18. The molecule has 6 heteroatoms. The zero-order valence-corrected chi connectivity index (χ0v) is 10.1. The van der Waals surface area contributed by atoms with E-state index < -0.39 is 7.60 Å². The van der Waals surface area contributed by atoms with Crippen molar-refractivity contribution in [1.29, 1.82) is 0 Å². The average Bonchev–Trinajstić information content (AvgIpc) is 2.11. The Morgan fingerprint density at radius 3 is 2.47 bits per heavy atom. The van der Waals surface area contributed by atoms with E-state index in [4.69, 9.17) is 14.5 Å². The third kappa shape index (κ3) is 9.91. The van der Waals surface area contributed by atoms with Gasteiger partial charge in [0.1, 0.15) is 0 Å². The molecule has 0 aromatic carbocycles. The summed E-state index contributed by atoms with van der Waals surface area (Å²) in [6, 6.07) is 0. The van der Waals surface area contributed by atoms with E-state index in [1.54, 1.807) is 6.92 Å². The standard InChI is InChI=1S/C9H19O5P/c1-3-14-9(10)5-4-8(2)6-7-15(11,12)13/h8H,3-7H2,1-2H3,(H2,11,12,13). The van der Waals surface area contributed by atoms with Gasteiger partial charge in [-0.15, -0.1) is 0 Å². The monoisotopic (exact) mass is 238 g/mol. The molecule has 0 aromatic rings. The van der Waals surface area contributed by atoms with E-state index in [0.717, 1.165) is 0 Å². The van der Waals surface area contributed by atoms with Crippen LogP contribution in [0.1, 0.15) is 33.1 Å². The highest BCUT2D eigenvalue weighted by molar-refractivity contribution is 7.51. The third-order valence-corrected chi connectivity index (χ3v) is 2.90. The highest BCUT2D eigenvalue weighted by Crippen LogP contribution is 2.36. The van der Waals surface area contributed by atoms with Gasteiger partial charge in [0.25, 0.3) is 0 Å². The number of esters is 1. The lowest BCUT2D eigenvalue weighted by Crippen LogP contribution is -2.07. The summed E-state index contributed by atoms with van der Waals surface area (Å²) in [6.45, 7) is 3.99. The lowest BCUT2D eigenvalue weighted by Gasteiger charge is -2.11. The minimum absolute atomic E-state index is 0.114. The van der Waals surface area contributed by atoms with Crippen molar-refractivity contribution in [2.75, 3.05) is 12.8 Å². The summed E-state index contributed by atoms with van der Waals surface area (Å²) >= 11 is 0. The van der Waals surface area contributed by atoms with Gasteiger partial charge in [0.05, 0.1) is 12.8 Å². The highest BCUT2D eigenvalue weighted by atomic mass is 31.2. The van der Waals surface area contributed by atoms with Crippen LogP contribution >= 0.6 is 7.60 Å². The van der Waals surface area contributed by atoms with Crippen LogP contribution in [0, 0.1) is 5.92 Å². The number of ether oxygens (including phenoxy) is 1. The fourth-order valence-electron chi connectivity index (χ4n) is 1.13. The van der Waals surface area contributed by atoms with E-state index in [2.05, 4.69) is 0 Å². The molecule has 2 N–H and O–H groups in total. The van der Waals surface area contributed by atoms with Gasteiger partial charge in [0.2, 0.25) is 0 Å². The van der Waals surface area contributed by atoms with Gasteiger partial charge in [-0.2, -0.15) is 0 Å². The Balaban J connectivity index is 3.62. The van der Waals surface area contributed by atoms with Crippen LogP contribution in [-0.2, 0) is 14.1 Å². The van der Waals surface area contributed by atoms with Crippen LogP contribution in [0.5, 0.6) is 0 Å². The topological polar surface area (TPSA) is 83.8 Å². The van der Waals surface area contributed by atoms with Crippen molar-refractivity contribution in [3.05, 3.63) is 0 Å². The van der Waals surface area contributed by atoms with Gasteiger partial charge in [-0.25, -0.2) is 0 Å². The van der Waals surface area contributed by atoms with Gasteiger partial charge >= 0.3 is 13.6 Å². The lowest BCUT2D eigenvalue weighted by molar-refractivity contribution is -0.143. The molecule has 5 nitrogen and oxygen atoms in total. The van der Waals surface area contributed by atoms with E-state index in [-0.39, 0.29) is 18.0 Å². The summed E-state index contributed by atoms with van der Waals surface area (Å²) in [7, 11) is -3.90. The summed E-state index contributed by atoms with van der Waals surface area (Å²) in [5, 5.41) is 0. The van der Waals surface area contributed by atoms with Crippen molar-refractivity contribution in [2.24, 2.45) is 5.92 Å². The summed E-state index contributed by atoms with van der Waals surface area (Å²) in [4.78, 5) is 28.3. The Labute approximate surface area is 90.0 Å². The second kappa shape index (κ2) is 6.99. The van der Waals surface area contributed by atoms with Crippen molar-refractivity contribution < 1.29 is 23.9 Å². The second-order valence-electron chi connectivity index (χ2n) is 3.63. The van der Waals surface area contributed by atoms with Gasteiger partial charge in [0, 0.05) is 6.42 Å². The van der Waals surface area contributed by atoms with Crippen molar-refractivity contribution in [3.63, 3.8) is 0 Å². The molecule has 0 saturated carbocycles. The molecule has 0 heterocycles. The van der Waals surface area contributed by atoms with Crippen LogP contribution in [-0.4, -0.2) is 28.5 Å². The smallest absolute Gasteiger partial charge is 0.325 e. The van der Waals surface area contributed by atoms with Crippen LogP contribution in [0.4, 0.5) is 0 Å². The van der Waals surface area contributed by atoms with Gasteiger partial charge in [-0.05, 0) is 25.7 Å². The molecule has 0 saturated heterocycles. The summed E-state index contributed by atoms with van der Waals surface area (Å²) in [5.41, 5.74) is 0. The van der Waals surface area contributed by atoms with Crippen LogP contribution < -0.4 is 0 Å². The van der Waals surface area contributed by atoms with E-state index in [0.29, 0.717) is 25.9 Å². The van der Waals surface area contributed by atoms with Crippen LogP contribution in [0.25, 0.3) is 0 Å². The highest BCUT2D eigenvalue weighted by Gasteiger charge is 2.15. The predicted molar refractivity (Wildman–Crippen MR) is 56.6 cm³/mol. The second-order valence-corrected chi connectivity index (χ2v) is 5.40. The molecule has 90 valence electrons. The largest absolute Gasteiger partial charge is 0.466 e. The molecule has 0 amide bonds. The van der Waals surface area contributed by atoms with Gasteiger partial charge in [0.15, 0.2) is 0 Å². The number of hydrogen-bond acceptors (Lipinski definition) is 3. The number of carbonyl (C=O) groups is 1. The minimum Gasteiger partial charge on any atom is -0.466 e. The van der Waals surface area contributed by atoms with E-state index >= 15 is 0 Å². The molecule has 0 radical (unpaired) electrons. The fraction of sp³-hybridized carbons (Fsp3) is 0.889. The van der Waals surface area contributed by atoms with Crippen molar-refractivity contribution in [2.45, 2.75) is 33.1 Å².